The number of nitrogens with one attached hydrogen (secondary N) is 2. The minimum atomic E-state index is -2.98. The molecule has 0 amide bonds. The van der Waals surface area contributed by atoms with E-state index in [1.54, 1.807) is 0 Å². The molecule has 9 rings (SSSR count). The fourth-order valence-electron chi connectivity index (χ4n) is 7.20. The number of nitrogens with zero attached hydrogens (tertiary/aromatic N) is 2. The zero-order chi connectivity index (χ0) is 31.9. The molecule has 0 fully saturated rings. The molecule has 1 atom stereocenters. The molecule has 0 saturated carbocycles. The van der Waals surface area contributed by atoms with E-state index in [9.17, 15) is 0 Å². The van der Waals surface area contributed by atoms with E-state index in [1.807, 2.05) is 0 Å². The number of fused-ring (bicyclic) bond motifs is 6. The third kappa shape index (κ3) is 5.22. The first-order chi connectivity index (χ1) is 23.8. The SMILES string of the molecule is C1=C/C2=C(\c3ccccc3)c3ccc([nH]3)[CH](c3ccccc3)[Tl]3[CH]=CC(=[N]3)/C(c3ccccc3)=c3/cc/c([nH]3)=C(\c3ccccc3)C1=N2. The van der Waals surface area contributed by atoms with Crippen LogP contribution in [0.5, 0.6) is 0 Å². The topological polar surface area (TPSA) is 56.3 Å². The number of aromatic amines is 2. The van der Waals surface area contributed by atoms with Crippen molar-refractivity contribution in [2.45, 2.75) is 3.48 Å². The van der Waals surface area contributed by atoms with E-state index in [1.165, 1.54) is 11.3 Å². The van der Waals surface area contributed by atoms with Gasteiger partial charge in [-0.2, -0.15) is 0 Å². The first-order valence-corrected chi connectivity index (χ1v) is 23.6. The van der Waals surface area contributed by atoms with Crippen molar-refractivity contribution in [3.05, 3.63) is 217 Å². The van der Waals surface area contributed by atoms with Crippen LogP contribution in [0.15, 0.2) is 181 Å². The molecule has 0 aliphatic carbocycles. The van der Waals surface area contributed by atoms with E-state index in [0.29, 0.717) is 0 Å². The van der Waals surface area contributed by atoms with Crippen LogP contribution >= 0.6 is 0 Å². The van der Waals surface area contributed by atoms with E-state index in [2.05, 4.69) is 177 Å². The number of aromatic nitrogens is 2. The molecule has 8 bridgehead atoms. The summed E-state index contributed by atoms with van der Waals surface area (Å²) in [6.45, 7) is 0. The fraction of sp³-hybridized carbons (Fsp3) is 0.0233. The van der Waals surface area contributed by atoms with E-state index < -0.39 is 23.0 Å². The van der Waals surface area contributed by atoms with Crippen molar-refractivity contribution < 1.29 is 0 Å². The predicted molar refractivity (Wildman–Crippen MR) is 198 cm³/mol. The third-order valence-corrected chi connectivity index (χ3v) is 19.4. The summed E-state index contributed by atoms with van der Waals surface area (Å²) in [5.74, 6) is 0. The first kappa shape index (κ1) is 28.9. The maximum atomic E-state index is 5.69. The zero-order valence-electron chi connectivity index (χ0n) is 26.2. The molecule has 0 radical (unpaired) electrons. The third-order valence-electron chi connectivity index (χ3n) is 9.37. The predicted octanol–water partition coefficient (Wildman–Crippen LogP) is 7.44. The molecule has 3 aliphatic rings. The quantitative estimate of drug-likeness (QED) is 0.174. The molecular weight excluding hydrogens is 777 g/mol. The average molecular weight is 808 g/mol. The number of rotatable bonds is 4. The summed E-state index contributed by atoms with van der Waals surface area (Å²) < 4.78 is 8.39. The Morgan fingerprint density at radius 2 is 1.04 bits per heavy atom. The standard InChI is InChI=1S/C43H31N4.Tl/c1-2-35(44)41(31-17-9-4-10-18-31)36-25-26-39(46-36)43(33-21-13-6-14-22-33)40-28-27-38(47-40)42(32-19-11-5-12-20-32)37-24-23-34(45-37)29-30-15-7-3-8-16-30;/h1-29,45-46H;/q-1;+1/b2-1?,41-36-,42-38-,43-39-;. The van der Waals surface area contributed by atoms with Gasteiger partial charge in [0.25, 0.3) is 0 Å². The molecule has 4 aromatic carbocycles. The summed E-state index contributed by atoms with van der Waals surface area (Å²) in [6, 6.07) is 51.7. The summed E-state index contributed by atoms with van der Waals surface area (Å²) in [4.78, 5) is 13.1. The van der Waals surface area contributed by atoms with Crippen LogP contribution in [0.25, 0.3) is 16.7 Å². The number of allylic oxidation sites excluding steroid dienone is 3. The first-order valence-electron chi connectivity index (χ1n) is 16.4. The number of benzene rings is 4. The second kappa shape index (κ2) is 12.4. The van der Waals surface area contributed by atoms with Crippen LogP contribution in [0, 0.1) is 0 Å². The Hall–Kier alpha value is -5.34. The van der Waals surface area contributed by atoms with Crippen molar-refractivity contribution in [2.24, 2.45) is 7.79 Å². The second-order valence-electron chi connectivity index (χ2n) is 12.3. The van der Waals surface area contributed by atoms with E-state index in [4.69, 9.17) is 7.79 Å². The van der Waals surface area contributed by atoms with Gasteiger partial charge in [0.15, 0.2) is 0 Å². The Balaban J connectivity index is 1.38. The Kier molecular flexibility index (Phi) is 7.43. The van der Waals surface area contributed by atoms with Gasteiger partial charge < -0.3 is 0 Å². The average Bonchev–Trinajstić information content (AvgIpc) is 3.98. The van der Waals surface area contributed by atoms with Gasteiger partial charge >= 0.3 is 290 Å². The molecule has 0 saturated heterocycles. The van der Waals surface area contributed by atoms with Gasteiger partial charge in [-0.1, -0.05) is 0 Å². The Labute approximate surface area is 288 Å². The van der Waals surface area contributed by atoms with Crippen LogP contribution in [0.2, 0.25) is 0 Å². The van der Waals surface area contributed by atoms with Crippen LogP contribution in [0.3, 0.4) is 0 Å². The molecule has 1 unspecified atom stereocenters. The molecule has 0 spiro atoms. The maximum absolute atomic E-state index is 5.69. The molecule has 226 valence electrons. The number of hydrogen-bond acceptors (Lipinski definition) is 2. The molecule has 5 heteroatoms. The van der Waals surface area contributed by atoms with Gasteiger partial charge in [0.2, 0.25) is 0 Å². The van der Waals surface area contributed by atoms with Crippen LogP contribution in [-0.2, 0) is 0 Å². The summed E-state index contributed by atoms with van der Waals surface area (Å²) in [5, 5.41) is 2.08. The van der Waals surface area contributed by atoms with Gasteiger partial charge in [0.05, 0.1) is 0 Å². The van der Waals surface area contributed by atoms with E-state index in [-0.39, 0.29) is 3.48 Å². The van der Waals surface area contributed by atoms with Crippen LogP contribution in [-0.4, -0.2) is 44.4 Å². The summed E-state index contributed by atoms with van der Waals surface area (Å²) in [7, 11) is 0. The Bertz CT molecular complexity index is 2430. The van der Waals surface area contributed by atoms with Crippen molar-refractivity contribution >= 4 is 51.1 Å². The minimum absolute atomic E-state index is 0.219. The van der Waals surface area contributed by atoms with Gasteiger partial charge in [-0.25, -0.2) is 0 Å². The molecule has 4 nitrogen and oxygen atoms in total. The van der Waals surface area contributed by atoms with Crippen LogP contribution in [0.4, 0.5) is 0 Å². The normalized spacial score (nSPS) is 20.6. The fourth-order valence-corrected chi connectivity index (χ4v) is 17.1. The molecule has 2 aromatic heterocycles. The van der Waals surface area contributed by atoms with Gasteiger partial charge in [-0.15, -0.1) is 0 Å². The van der Waals surface area contributed by atoms with Crippen molar-refractivity contribution in [1.82, 2.24) is 9.97 Å². The van der Waals surface area contributed by atoms with Gasteiger partial charge in [0.1, 0.15) is 0 Å². The van der Waals surface area contributed by atoms with Gasteiger partial charge in [0, 0.05) is 0 Å². The van der Waals surface area contributed by atoms with Gasteiger partial charge in [-0.3, -0.25) is 0 Å². The molecule has 48 heavy (non-hydrogen) atoms. The second-order valence-corrected chi connectivity index (χ2v) is 21.2. The van der Waals surface area contributed by atoms with Crippen molar-refractivity contribution in [3.63, 3.8) is 0 Å². The zero-order valence-corrected chi connectivity index (χ0v) is 30.7. The molecule has 3 aliphatic heterocycles. The summed E-state index contributed by atoms with van der Waals surface area (Å²) in [6.07, 6.45) is 6.61. The van der Waals surface area contributed by atoms with Crippen LogP contribution in [0.1, 0.15) is 37.1 Å². The van der Waals surface area contributed by atoms with Gasteiger partial charge in [-0.05, 0) is 0 Å². The number of aliphatic imine (C=N–C) groups is 1. The Morgan fingerprint density at radius 1 is 0.479 bits per heavy atom. The van der Waals surface area contributed by atoms with Crippen LogP contribution < -0.4 is 10.7 Å². The van der Waals surface area contributed by atoms with E-state index in [0.717, 1.165) is 66.9 Å². The number of hydrogen-bond donors (Lipinski definition) is 2. The molecular formula is C43H31N4Tl. The van der Waals surface area contributed by atoms with Crippen molar-refractivity contribution in [1.29, 1.82) is 0 Å². The Morgan fingerprint density at radius 3 is 1.67 bits per heavy atom. The summed E-state index contributed by atoms with van der Waals surface area (Å²) >= 11 is -2.98. The molecule has 2 N–H and O–H groups in total. The number of H-pyrrole nitrogens is 2. The monoisotopic (exact) mass is 808 g/mol. The molecule has 5 heterocycles. The summed E-state index contributed by atoms with van der Waals surface area (Å²) in [5.41, 5.74) is 13.2. The van der Waals surface area contributed by atoms with Crippen molar-refractivity contribution in [3.8, 4) is 0 Å². The van der Waals surface area contributed by atoms with E-state index >= 15 is 0 Å². The molecule has 6 aromatic rings. The van der Waals surface area contributed by atoms with Crippen molar-refractivity contribution in [2.75, 3.05) is 0 Å².